The van der Waals surface area contributed by atoms with Crippen molar-refractivity contribution >= 4 is 23.2 Å². The van der Waals surface area contributed by atoms with Gasteiger partial charge >= 0.3 is 5.97 Å². The Hall–Kier alpha value is -1.40. The van der Waals surface area contributed by atoms with Crippen molar-refractivity contribution in [3.8, 4) is 0 Å². The topological polar surface area (TPSA) is 86.6 Å². The highest BCUT2D eigenvalue weighted by Crippen LogP contribution is 2.29. The van der Waals surface area contributed by atoms with E-state index in [9.17, 15) is 9.59 Å². The van der Waals surface area contributed by atoms with Crippen molar-refractivity contribution in [3.63, 3.8) is 0 Å². The van der Waals surface area contributed by atoms with Crippen LogP contribution in [0.25, 0.3) is 0 Å². The molecular weight excluding hydrogens is 254 g/mol. The first kappa shape index (κ1) is 13.0. The second-order valence-corrected chi connectivity index (χ2v) is 5.45. The van der Waals surface area contributed by atoms with Gasteiger partial charge in [-0.25, -0.2) is 4.79 Å². The molecule has 1 aliphatic carbocycles. The Bertz CT molecular complexity index is 445. The zero-order valence-electron chi connectivity index (χ0n) is 9.81. The molecule has 6 heteroatoms. The third kappa shape index (κ3) is 2.70. The van der Waals surface area contributed by atoms with Gasteiger partial charge in [0.1, 0.15) is 0 Å². The van der Waals surface area contributed by atoms with Crippen molar-refractivity contribution in [2.45, 2.75) is 31.7 Å². The number of rotatable bonds is 4. The van der Waals surface area contributed by atoms with Crippen molar-refractivity contribution in [1.82, 2.24) is 5.32 Å². The van der Waals surface area contributed by atoms with E-state index in [2.05, 4.69) is 5.32 Å². The summed E-state index contributed by atoms with van der Waals surface area (Å²) in [6.07, 6.45) is 4.26. The van der Waals surface area contributed by atoms with Gasteiger partial charge < -0.3 is 15.5 Å². The van der Waals surface area contributed by atoms with Gasteiger partial charge in [0, 0.05) is 4.88 Å². The summed E-state index contributed by atoms with van der Waals surface area (Å²) in [5.41, 5.74) is 1.20. The van der Waals surface area contributed by atoms with Crippen molar-refractivity contribution in [1.29, 1.82) is 0 Å². The molecular formula is C12H15NO4S. The van der Waals surface area contributed by atoms with Gasteiger partial charge in [0.2, 0.25) is 0 Å². The minimum Gasteiger partial charge on any atom is -0.480 e. The molecule has 0 aliphatic heterocycles. The van der Waals surface area contributed by atoms with Crippen LogP contribution in [0.5, 0.6) is 0 Å². The predicted octanol–water partition coefficient (Wildman–Crippen LogP) is 0.802. The quantitative estimate of drug-likeness (QED) is 0.754. The third-order valence-electron chi connectivity index (χ3n) is 3.01. The molecule has 1 unspecified atom stereocenters. The van der Waals surface area contributed by atoms with Crippen LogP contribution in [-0.2, 0) is 17.6 Å². The first-order valence-corrected chi connectivity index (χ1v) is 6.69. The van der Waals surface area contributed by atoms with Crippen molar-refractivity contribution < 1.29 is 19.8 Å². The molecule has 1 aromatic heterocycles. The van der Waals surface area contributed by atoms with E-state index in [4.69, 9.17) is 10.2 Å². The van der Waals surface area contributed by atoms with Crippen LogP contribution in [0, 0.1) is 0 Å². The molecule has 1 atom stereocenters. The van der Waals surface area contributed by atoms with Crippen LogP contribution in [0.1, 0.15) is 33.0 Å². The standard InChI is InChI=1S/C12H15NO4S/c14-6-8(12(16)17)13-11(15)10-5-7-3-1-2-4-9(7)18-10/h5,8,14H,1-4,6H2,(H,13,15)(H,16,17). The number of carbonyl (C=O) groups is 2. The Morgan fingerprint density at radius 3 is 2.72 bits per heavy atom. The maximum Gasteiger partial charge on any atom is 0.328 e. The molecule has 1 heterocycles. The Labute approximate surface area is 108 Å². The van der Waals surface area contributed by atoms with Gasteiger partial charge in [-0.1, -0.05) is 0 Å². The summed E-state index contributed by atoms with van der Waals surface area (Å²) in [5.74, 6) is -1.65. The fourth-order valence-electron chi connectivity index (χ4n) is 2.02. The van der Waals surface area contributed by atoms with Crippen LogP contribution in [-0.4, -0.2) is 34.7 Å². The van der Waals surface area contributed by atoms with Gasteiger partial charge in [0.25, 0.3) is 5.91 Å². The molecule has 0 fully saturated rings. The normalized spacial score (nSPS) is 15.8. The number of amides is 1. The summed E-state index contributed by atoms with van der Waals surface area (Å²) in [6, 6.07) is 0.599. The van der Waals surface area contributed by atoms with E-state index in [-0.39, 0.29) is 0 Å². The highest BCUT2D eigenvalue weighted by molar-refractivity contribution is 7.14. The number of fused-ring (bicyclic) bond motifs is 1. The van der Waals surface area contributed by atoms with Gasteiger partial charge in [0.05, 0.1) is 11.5 Å². The van der Waals surface area contributed by atoms with E-state index < -0.39 is 24.5 Å². The van der Waals surface area contributed by atoms with Crippen molar-refractivity contribution in [3.05, 3.63) is 21.4 Å². The molecule has 0 aromatic carbocycles. The zero-order chi connectivity index (χ0) is 13.1. The summed E-state index contributed by atoms with van der Waals surface area (Å²) in [4.78, 5) is 24.3. The fourth-order valence-corrected chi connectivity index (χ4v) is 3.17. The van der Waals surface area contributed by atoms with Gasteiger partial charge in [-0.3, -0.25) is 4.79 Å². The second-order valence-electron chi connectivity index (χ2n) is 4.31. The summed E-state index contributed by atoms with van der Waals surface area (Å²) in [6.45, 7) is -0.605. The molecule has 0 saturated heterocycles. The largest absolute Gasteiger partial charge is 0.480 e. The number of aliphatic hydroxyl groups is 1. The summed E-state index contributed by atoms with van der Waals surface area (Å²) >= 11 is 1.42. The summed E-state index contributed by atoms with van der Waals surface area (Å²) in [7, 11) is 0. The number of aliphatic carboxylic acids is 1. The molecule has 5 nitrogen and oxygen atoms in total. The number of carboxylic acid groups (broad SMARTS) is 1. The number of carbonyl (C=O) groups excluding carboxylic acids is 1. The Balaban J connectivity index is 2.09. The molecule has 1 amide bonds. The average Bonchev–Trinajstić information content (AvgIpc) is 2.79. The maximum atomic E-state index is 11.9. The van der Waals surface area contributed by atoms with Gasteiger partial charge in [-0.05, 0) is 37.3 Å². The molecule has 0 radical (unpaired) electrons. The van der Waals surface area contributed by atoms with Crippen LogP contribution in [0.3, 0.4) is 0 Å². The van der Waals surface area contributed by atoms with Crippen molar-refractivity contribution in [2.24, 2.45) is 0 Å². The van der Waals surface area contributed by atoms with Crippen LogP contribution < -0.4 is 5.32 Å². The van der Waals surface area contributed by atoms with E-state index in [1.165, 1.54) is 21.8 Å². The Morgan fingerprint density at radius 2 is 2.11 bits per heavy atom. The molecule has 2 rings (SSSR count). The number of carboxylic acids is 1. The smallest absolute Gasteiger partial charge is 0.328 e. The van der Waals surface area contributed by atoms with Crippen LogP contribution >= 0.6 is 11.3 Å². The number of hydrogen-bond acceptors (Lipinski definition) is 4. The Morgan fingerprint density at radius 1 is 1.39 bits per heavy atom. The molecule has 0 bridgehead atoms. The molecule has 1 aliphatic rings. The summed E-state index contributed by atoms with van der Waals surface area (Å²) < 4.78 is 0. The SMILES string of the molecule is O=C(NC(CO)C(=O)O)c1cc2c(s1)CCCC2. The van der Waals surface area contributed by atoms with Crippen LogP contribution in [0.2, 0.25) is 0 Å². The third-order valence-corrected chi connectivity index (χ3v) is 4.24. The lowest BCUT2D eigenvalue weighted by Gasteiger charge is -2.10. The first-order valence-electron chi connectivity index (χ1n) is 5.88. The minimum absolute atomic E-state index is 0.421. The lowest BCUT2D eigenvalue weighted by Crippen LogP contribution is -2.43. The average molecular weight is 269 g/mol. The molecule has 0 spiro atoms. The van der Waals surface area contributed by atoms with Gasteiger partial charge in [-0.2, -0.15) is 0 Å². The predicted molar refractivity (Wildman–Crippen MR) is 66.9 cm³/mol. The number of nitrogens with one attached hydrogen (secondary N) is 1. The number of aryl methyl sites for hydroxylation is 2. The highest BCUT2D eigenvalue weighted by Gasteiger charge is 2.22. The van der Waals surface area contributed by atoms with E-state index in [1.54, 1.807) is 0 Å². The lowest BCUT2D eigenvalue weighted by atomic mass is 9.99. The van der Waals surface area contributed by atoms with Crippen molar-refractivity contribution in [2.75, 3.05) is 6.61 Å². The molecule has 98 valence electrons. The molecule has 1 aromatic rings. The summed E-state index contributed by atoms with van der Waals surface area (Å²) in [5, 5.41) is 19.9. The lowest BCUT2D eigenvalue weighted by molar-refractivity contribution is -0.140. The molecule has 0 saturated carbocycles. The zero-order valence-corrected chi connectivity index (χ0v) is 10.6. The van der Waals surface area contributed by atoms with Gasteiger partial charge in [-0.15, -0.1) is 11.3 Å². The van der Waals surface area contributed by atoms with Crippen LogP contribution in [0.15, 0.2) is 6.07 Å². The van der Waals surface area contributed by atoms with E-state index in [1.807, 2.05) is 6.07 Å². The van der Waals surface area contributed by atoms with Crippen LogP contribution in [0.4, 0.5) is 0 Å². The number of thiophene rings is 1. The molecule has 18 heavy (non-hydrogen) atoms. The number of hydrogen-bond donors (Lipinski definition) is 3. The minimum atomic E-state index is -1.24. The van der Waals surface area contributed by atoms with Gasteiger partial charge in [0.15, 0.2) is 6.04 Å². The number of aliphatic hydroxyl groups excluding tert-OH is 1. The van der Waals surface area contributed by atoms with E-state index >= 15 is 0 Å². The monoisotopic (exact) mass is 269 g/mol. The molecule has 3 N–H and O–H groups in total. The Kier molecular flexibility index (Phi) is 3.98. The maximum absolute atomic E-state index is 11.9. The highest BCUT2D eigenvalue weighted by atomic mass is 32.1. The fraction of sp³-hybridized carbons (Fsp3) is 0.500. The first-order chi connectivity index (χ1) is 8.61. The van der Waals surface area contributed by atoms with E-state index in [0.717, 1.165) is 25.7 Å². The second kappa shape index (κ2) is 5.49. The van der Waals surface area contributed by atoms with E-state index in [0.29, 0.717) is 4.88 Å².